The van der Waals surface area contributed by atoms with E-state index in [9.17, 15) is 4.79 Å². The number of amides is 1. The zero-order valence-corrected chi connectivity index (χ0v) is 10.4. The lowest BCUT2D eigenvalue weighted by Gasteiger charge is -2.11. The molecule has 1 aromatic heterocycles. The van der Waals surface area contributed by atoms with Crippen LogP contribution in [0.3, 0.4) is 0 Å². The Morgan fingerprint density at radius 3 is 2.39 bits per heavy atom. The van der Waals surface area contributed by atoms with E-state index in [0.29, 0.717) is 11.3 Å². The van der Waals surface area contributed by atoms with Gasteiger partial charge in [0.2, 0.25) is 0 Å². The first-order valence-corrected chi connectivity index (χ1v) is 5.66. The number of rotatable bonds is 3. The van der Waals surface area contributed by atoms with Gasteiger partial charge in [-0.05, 0) is 24.3 Å². The molecule has 0 atom stereocenters. The zero-order valence-electron chi connectivity index (χ0n) is 10.4. The first-order chi connectivity index (χ1) is 8.66. The summed E-state index contributed by atoms with van der Waals surface area (Å²) in [6.45, 7) is 0. The molecule has 4 nitrogen and oxygen atoms in total. The quantitative estimate of drug-likeness (QED) is 0.897. The third-order valence-electron chi connectivity index (χ3n) is 2.50. The van der Waals surface area contributed by atoms with Gasteiger partial charge in [0.15, 0.2) is 0 Å². The molecule has 1 amide bonds. The van der Waals surface area contributed by atoms with Crippen molar-refractivity contribution in [2.45, 2.75) is 0 Å². The summed E-state index contributed by atoms with van der Waals surface area (Å²) in [6.07, 6.45) is 1.65. The molecule has 2 rings (SSSR count). The van der Waals surface area contributed by atoms with E-state index >= 15 is 0 Å². The molecule has 0 radical (unpaired) electrons. The van der Waals surface area contributed by atoms with E-state index in [0.717, 1.165) is 5.82 Å². The number of anilines is 2. The van der Waals surface area contributed by atoms with Crippen LogP contribution in [0.25, 0.3) is 0 Å². The average Bonchev–Trinajstić information content (AvgIpc) is 2.40. The highest BCUT2D eigenvalue weighted by Crippen LogP contribution is 2.12. The van der Waals surface area contributed by atoms with E-state index in [2.05, 4.69) is 10.3 Å². The fraction of sp³-hybridized carbons (Fsp3) is 0.143. The van der Waals surface area contributed by atoms with Crippen LogP contribution in [0, 0.1) is 0 Å². The molecule has 0 saturated carbocycles. The Labute approximate surface area is 106 Å². The van der Waals surface area contributed by atoms with Crippen molar-refractivity contribution in [3.63, 3.8) is 0 Å². The van der Waals surface area contributed by atoms with Crippen molar-refractivity contribution in [1.82, 2.24) is 4.98 Å². The second-order valence-electron chi connectivity index (χ2n) is 4.12. The number of carbonyl (C=O) groups is 1. The number of nitrogens with zero attached hydrogens (tertiary/aromatic N) is 2. The van der Waals surface area contributed by atoms with Gasteiger partial charge in [0.05, 0.1) is 11.9 Å². The predicted octanol–water partition coefficient (Wildman–Crippen LogP) is 2.40. The molecular weight excluding hydrogens is 226 g/mol. The lowest BCUT2D eigenvalue weighted by atomic mass is 10.2. The Hall–Kier alpha value is -2.36. The van der Waals surface area contributed by atoms with Gasteiger partial charge in [-0.15, -0.1) is 0 Å². The molecule has 0 spiro atoms. The van der Waals surface area contributed by atoms with Crippen molar-refractivity contribution in [3.8, 4) is 0 Å². The Bertz CT molecular complexity index is 520. The summed E-state index contributed by atoms with van der Waals surface area (Å²) in [6, 6.07) is 12.8. The summed E-state index contributed by atoms with van der Waals surface area (Å²) in [5.74, 6) is 0.725. The van der Waals surface area contributed by atoms with Crippen molar-refractivity contribution in [1.29, 1.82) is 0 Å². The van der Waals surface area contributed by atoms with Crippen molar-refractivity contribution in [2.24, 2.45) is 0 Å². The van der Waals surface area contributed by atoms with Gasteiger partial charge in [0.1, 0.15) is 5.82 Å². The maximum absolute atomic E-state index is 11.9. The lowest BCUT2D eigenvalue weighted by Crippen LogP contribution is -2.13. The van der Waals surface area contributed by atoms with Crippen LogP contribution < -0.4 is 10.2 Å². The number of benzene rings is 1. The number of hydrogen-bond donors (Lipinski definition) is 1. The fourth-order valence-electron chi connectivity index (χ4n) is 1.52. The minimum Gasteiger partial charge on any atom is -0.363 e. The van der Waals surface area contributed by atoms with Crippen LogP contribution in [0.4, 0.5) is 11.5 Å². The fourth-order valence-corrected chi connectivity index (χ4v) is 1.52. The molecular formula is C14H15N3O. The predicted molar refractivity (Wildman–Crippen MR) is 73.0 cm³/mol. The van der Waals surface area contributed by atoms with Crippen LogP contribution >= 0.6 is 0 Å². The summed E-state index contributed by atoms with van der Waals surface area (Å²) in [7, 11) is 3.84. The van der Waals surface area contributed by atoms with Gasteiger partial charge in [0, 0.05) is 19.7 Å². The van der Waals surface area contributed by atoms with Gasteiger partial charge in [-0.3, -0.25) is 4.79 Å². The van der Waals surface area contributed by atoms with Gasteiger partial charge in [-0.25, -0.2) is 4.98 Å². The monoisotopic (exact) mass is 241 g/mol. The van der Waals surface area contributed by atoms with Gasteiger partial charge < -0.3 is 10.2 Å². The molecule has 92 valence electrons. The Morgan fingerprint density at radius 2 is 1.83 bits per heavy atom. The molecule has 0 aliphatic rings. The SMILES string of the molecule is CN(C)c1ccc(NC(=O)c2ccccc2)cn1. The van der Waals surface area contributed by atoms with Crippen molar-refractivity contribution >= 4 is 17.4 Å². The number of nitrogens with one attached hydrogen (secondary N) is 1. The number of pyridine rings is 1. The van der Waals surface area contributed by atoms with E-state index in [1.54, 1.807) is 18.3 Å². The second kappa shape index (κ2) is 5.31. The number of aromatic nitrogens is 1. The summed E-state index contributed by atoms with van der Waals surface area (Å²) in [5.41, 5.74) is 1.32. The molecule has 0 fully saturated rings. The van der Waals surface area contributed by atoms with E-state index in [1.807, 2.05) is 49.3 Å². The molecule has 2 aromatic rings. The highest BCUT2D eigenvalue weighted by Gasteiger charge is 2.05. The van der Waals surface area contributed by atoms with Crippen molar-refractivity contribution in [2.75, 3.05) is 24.3 Å². The molecule has 0 aliphatic heterocycles. The highest BCUT2D eigenvalue weighted by atomic mass is 16.1. The average molecular weight is 241 g/mol. The molecule has 0 bridgehead atoms. The normalized spacial score (nSPS) is 9.89. The van der Waals surface area contributed by atoms with Gasteiger partial charge >= 0.3 is 0 Å². The molecule has 1 aromatic carbocycles. The van der Waals surface area contributed by atoms with Crippen LogP contribution in [0.1, 0.15) is 10.4 Å². The third-order valence-corrected chi connectivity index (χ3v) is 2.50. The zero-order chi connectivity index (χ0) is 13.0. The molecule has 4 heteroatoms. The largest absolute Gasteiger partial charge is 0.363 e. The molecule has 0 aliphatic carbocycles. The number of carbonyl (C=O) groups excluding carboxylic acids is 1. The molecule has 1 heterocycles. The molecule has 0 unspecified atom stereocenters. The van der Waals surface area contributed by atoms with Crippen LogP contribution in [0.5, 0.6) is 0 Å². The van der Waals surface area contributed by atoms with Crippen molar-refractivity contribution < 1.29 is 4.79 Å². The molecule has 1 N–H and O–H groups in total. The van der Waals surface area contributed by atoms with Crippen molar-refractivity contribution in [3.05, 3.63) is 54.2 Å². The Kier molecular flexibility index (Phi) is 3.57. The van der Waals surface area contributed by atoms with Gasteiger partial charge in [-0.2, -0.15) is 0 Å². The van der Waals surface area contributed by atoms with Crippen LogP contribution in [-0.2, 0) is 0 Å². The lowest BCUT2D eigenvalue weighted by molar-refractivity contribution is 0.102. The highest BCUT2D eigenvalue weighted by molar-refractivity contribution is 6.04. The topological polar surface area (TPSA) is 45.2 Å². The summed E-state index contributed by atoms with van der Waals surface area (Å²) >= 11 is 0. The maximum atomic E-state index is 11.9. The van der Waals surface area contributed by atoms with E-state index in [4.69, 9.17) is 0 Å². The van der Waals surface area contributed by atoms with E-state index < -0.39 is 0 Å². The van der Waals surface area contributed by atoms with Crippen LogP contribution in [0.15, 0.2) is 48.7 Å². The molecule has 0 saturated heterocycles. The first-order valence-electron chi connectivity index (χ1n) is 5.66. The maximum Gasteiger partial charge on any atom is 0.255 e. The van der Waals surface area contributed by atoms with Gasteiger partial charge in [0.25, 0.3) is 5.91 Å². The first kappa shape index (κ1) is 12.1. The van der Waals surface area contributed by atoms with E-state index in [-0.39, 0.29) is 5.91 Å². The summed E-state index contributed by atoms with van der Waals surface area (Å²) in [5, 5.41) is 2.80. The number of hydrogen-bond acceptors (Lipinski definition) is 3. The molecule has 18 heavy (non-hydrogen) atoms. The standard InChI is InChI=1S/C14H15N3O/c1-17(2)13-9-8-12(10-15-13)16-14(18)11-6-4-3-5-7-11/h3-10H,1-2H3,(H,16,18). The minimum atomic E-state index is -0.130. The minimum absolute atomic E-state index is 0.130. The summed E-state index contributed by atoms with van der Waals surface area (Å²) in [4.78, 5) is 18.0. The Morgan fingerprint density at radius 1 is 1.11 bits per heavy atom. The third kappa shape index (κ3) is 2.85. The van der Waals surface area contributed by atoms with E-state index in [1.165, 1.54) is 0 Å². The summed E-state index contributed by atoms with van der Waals surface area (Å²) < 4.78 is 0. The van der Waals surface area contributed by atoms with Crippen LogP contribution in [-0.4, -0.2) is 25.0 Å². The van der Waals surface area contributed by atoms with Crippen LogP contribution in [0.2, 0.25) is 0 Å². The smallest absolute Gasteiger partial charge is 0.255 e. The Balaban J connectivity index is 2.08. The van der Waals surface area contributed by atoms with Gasteiger partial charge in [-0.1, -0.05) is 18.2 Å². The second-order valence-corrected chi connectivity index (χ2v) is 4.12.